The maximum absolute atomic E-state index is 5.76. The van der Waals surface area contributed by atoms with Gasteiger partial charge in [0.05, 0.1) is 4.47 Å². The van der Waals surface area contributed by atoms with E-state index in [1.165, 1.54) is 11.8 Å². The first-order chi connectivity index (χ1) is 10.4. The van der Waals surface area contributed by atoms with Gasteiger partial charge in [-0.1, -0.05) is 31.4 Å². The van der Waals surface area contributed by atoms with Crippen LogP contribution >= 0.6 is 27.7 Å². The number of hydrogen-bond donors (Lipinski definition) is 0. The predicted molar refractivity (Wildman–Crippen MR) is 94.6 cm³/mol. The number of thioether (sulfide) groups is 1. The van der Waals surface area contributed by atoms with Crippen LogP contribution in [0.2, 0.25) is 25.7 Å². The third kappa shape index (κ3) is 5.15. The van der Waals surface area contributed by atoms with Gasteiger partial charge in [-0.25, -0.2) is 14.6 Å². The first-order valence-electron chi connectivity index (χ1n) is 6.93. The molecule has 0 aromatic carbocycles. The van der Waals surface area contributed by atoms with E-state index in [0.717, 1.165) is 17.1 Å². The van der Waals surface area contributed by atoms with E-state index in [9.17, 15) is 0 Å². The van der Waals surface area contributed by atoms with E-state index in [1.807, 2.05) is 6.26 Å². The van der Waals surface area contributed by atoms with Gasteiger partial charge in [-0.2, -0.15) is 4.98 Å². The third-order valence-electron chi connectivity index (χ3n) is 2.87. The number of rotatable bonds is 7. The molecular formula is C13H20BrN5OSSi. The smallest absolute Gasteiger partial charge is 0.208 e. The standard InChI is InChI=1S/C13H20BrN5OSSi/c1-21-13-17-12(11-15-7-10(14)8-16-11)19(18-13)9-20-5-6-22(2,3)4/h7-8H,5-6,9H2,1-4H3. The Morgan fingerprint density at radius 3 is 2.55 bits per heavy atom. The molecule has 0 atom stereocenters. The Hall–Kier alpha value is -0.773. The zero-order chi connectivity index (χ0) is 16.2. The normalized spacial score (nSPS) is 11.9. The van der Waals surface area contributed by atoms with Crippen LogP contribution in [-0.2, 0) is 11.5 Å². The van der Waals surface area contributed by atoms with Gasteiger partial charge in [0, 0.05) is 27.1 Å². The first kappa shape index (κ1) is 17.6. The Morgan fingerprint density at radius 2 is 1.95 bits per heavy atom. The molecule has 9 heteroatoms. The molecule has 2 aromatic heterocycles. The summed E-state index contributed by atoms with van der Waals surface area (Å²) in [7, 11) is -1.09. The van der Waals surface area contributed by atoms with Crippen LogP contribution in [0.25, 0.3) is 11.6 Å². The van der Waals surface area contributed by atoms with Crippen LogP contribution < -0.4 is 0 Å². The molecule has 2 heterocycles. The average molecular weight is 402 g/mol. The maximum Gasteiger partial charge on any atom is 0.208 e. The average Bonchev–Trinajstić information content (AvgIpc) is 2.87. The van der Waals surface area contributed by atoms with Crippen molar-refractivity contribution in [1.82, 2.24) is 24.7 Å². The van der Waals surface area contributed by atoms with Crippen LogP contribution in [0.15, 0.2) is 22.0 Å². The molecule has 0 amide bonds. The summed E-state index contributed by atoms with van der Waals surface area (Å²) in [6, 6.07) is 1.13. The monoisotopic (exact) mass is 401 g/mol. The van der Waals surface area contributed by atoms with E-state index in [2.05, 4.69) is 55.6 Å². The van der Waals surface area contributed by atoms with Gasteiger partial charge >= 0.3 is 0 Å². The minimum atomic E-state index is -1.09. The summed E-state index contributed by atoms with van der Waals surface area (Å²) in [4.78, 5) is 13.0. The van der Waals surface area contributed by atoms with E-state index < -0.39 is 8.07 Å². The molecule has 0 N–H and O–H groups in total. The number of nitrogens with zero attached hydrogens (tertiary/aromatic N) is 5. The second-order valence-corrected chi connectivity index (χ2v) is 13.3. The Kier molecular flexibility index (Phi) is 6.13. The molecule has 0 aliphatic rings. The molecule has 0 radical (unpaired) electrons. The van der Waals surface area contributed by atoms with Crippen molar-refractivity contribution in [3.05, 3.63) is 16.9 Å². The highest BCUT2D eigenvalue weighted by Gasteiger charge is 2.15. The summed E-state index contributed by atoms with van der Waals surface area (Å²) < 4.78 is 8.31. The largest absolute Gasteiger partial charge is 0.359 e. The molecule has 0 unspecified atom stereocenters. The second kappa shape index (κ2) is 7.67. The molecule has 22 heavy (non-hydrogen) atoms. The lowest BCUT2D eigenvalue weighted by Crippen LogP contribution is -2.22. The van der Waals surface area contributed by atoms with Crippen molar-refractivity contribution in [1.29, 1.82) is 0 Å². The van der Waals surface area contributed by atoms with Crippen LogP contribution in [0.1, 0.15) is 0 Å². The molecule has 2 aromatic rings. The van der Waals surface area contributed by atoms with Crippen molar-refractivity contribution < 1.29 is 4.74 Å². The van der Waals surface area contributed by atoms with E-state index in [0.29, 0.717) is 23.5 Å². The molecule has 0 spiro atoms. The van der Waals surface area contributed by atoms with Gasteiger partial charge < -0.3 is 4.74 Å². The summed E-state index contributed by atoms with van der Waals surface area (Å²) in [5.41, 5.74) is 0. The van der Waals surface area contributed by atoms with Gasteiger partial charge in [-0.3, -0.25) is 0 Å². The molecule has 0 fully saturated rings. The first-order valence-corrected chi connectivity index (χ1v) is 12.7. The van der Waals surface area contributed by atoms with E-state index >= 15 is 0 Å². The lowest BCUT2D eigenvalue weighted by Gasteiger charge is -2.15. The van der Waals surface area contributed by atoms with Gasteiger partial charge in [0.1, 0.15) is 6.73 Å². The topological polar surface area (TPSA) is 65.7 Å². The number of ether oxygens (including phenoxy) is 1. The van der Waals surface area contributed by atoms with E-state index in [-0.39, 0.29) is 0 Å². The molecule has 6 nitrogen and oxygen atoms in total. The zero-order valence-electron chi connectivity index (χ0n) is 13.2. The van der Waals surface area contributed by atoms with E-state index in [4.69, 9.17) is 4.74 Å². The highest BCUT2D eigenvalue weighted by atomic mass is 79.9. The van der Waals surface area contributed by atoms with Crippen LogP contribution in [0.4, 0.5) is 0 Å². The fraction of sp³-hybridized carbons (Fsp3) is 0.538. The fourth-order valence-electron chi connectivity index (χ4n) is 1.62. The van der Waals surface area contributed by atoms with E-state index in [1.54, 1.807) is 17.1 Å². The Labute approximate surface area is 144 Å². The van der Waals surface area contributed by atoms with Gasteiger partial charge in [0.2, 0.25) is 5.16 Å². The molecular weight excluding hydrogens is 382 g/mol. The Morgan fingerprint density at radius 1 is 1.27 bits per heavy atom. The van der Waals surface area contributed by atoms with Crippen LogP contribution in [0.3, 0.4) is 0 Å². The summed E-state index contributed by atoms with van der Waals surface area (Å²) >= 11 is 4.82. The van der Waals surface area contributed by atoms with Crippen molar-refractivity contribution in [3.63, 3.8) is 0 Å². The maximum atomic E-state index is 5.76. The third-order valence-corrected chi connectivity index (χ3v) is 5.52. The molecule has 0 saturated heterocycles. The van der Waals surface area contributed by atoms with Crippen molar-refractivity contribution in [2.75, 3.05) is 12.9 Å². The molecule has 0 aliphatic heterocycles. The van der Waals surface area contributed by atoms with Crippen LogP contribution in [0, 0.1) is 0 Å². The van der Waals surface area contributed by atoms with Crippen LogP contribution in [0.5, 0.6) is 0 Å². The number of hydrogen-bond acceptors (Lipinski definition) is 6. The molecule has 0 aliphatic carbocycles. The lowest BCUT2D eigenvalue weighted by molar-refractivity contribution is 0.0788. The Balaban J connectivity index is 2.10. The van der Waals surface area contributed by atoms with Crippen molar-refractivity contribution in [2.45, 2.75) is 37.6 Å². The minimum absolute atomic E-state index is 0.368. The van der Waals surface area contributed by atoms with Crippen molar-refractivity contribution in [3.8, 4) is 11.6 Å². The number of halogens is 1. The predicted octanol–water partition coefficient (Wildman–Crippen LogP) is 3.53. The molecule has 120 valence electrons. The van der Waals surface area contributed by atoms with Crippen molar-refractivity contribution in [2.24, 2.45) is 0 Å². The van der Waals surface area contributed by atoms with Gasteiger partial charge in [0.15, 0.2) is 11.6 Å². The summed E-state index contributed by atoms with van der Waals surface area (Å²) in [5, 5.41) is 5.11. The lowest BCUT2D eigenvalue weighted by atomic mass is 10.5. The molecule has 2 rings (SSSR count). The summed E-state index contributed by atoms with van der Waals surface area (Å²) in [5.74, 6) is 1.18. The highest BCUT2D eigenvalue weighted by molar-refractivity contribution is 9.10. The Bertz CT molecular complexity index is 614. The second-order valence-electron chi connectivity index (χ2n) is 5.99. The zero-order valence-corrected chi connectivity index (χ0v) is 16.6. The van der Waals surface area contributed by atoms with Gasteiger partial charge in [-0.15, -0.1) is 5.10 Å². The summed E-state index contributed by atoms with van der Waals surface area (Å²) in [6.45, 7) is 8.11. The number of aromatic nitrogens is 5. The van der Waals surface area contributed by atoms with Crippen molar-refractivity contribution >= 4 is 35.8 Å². The molecule has 0 bridgehead atoms. The highest BCUT2D eigenvalue weighted by Crippen LogP contribution is 2.18. The van der Waals surface area contributed by atoms with Gasteiger partial charge in [0.25, 0.3) is 0 Å². The molecule has 0 saturated carbocycles. The summed E-state index contributed by atoms with van der Waals surface area (Å²) in [6.07, 6.45) is 5.34. The van der Waals surface area contributed by atoms with Crippen LogP contribution in [-0.4, -0.2) is 45.7 Å². The van der Waals surface area contributed by atoms with Gasteiger partial charge in [-0.05, 0) is 28.2 Å². The SMILES string of the molecule is CSc1nc(-c2ncc(Br)cn2)n(COCC[Si](C)(C)C)n1. The quantitative estimate of drug-likeness (QED) is 0.401. The fourth-order valence-corrected chi connectivity index (χ4v) is 2.94. The minimum Gasteiger partial charge on any atom is -0.359 e.